The topological polar surface area (TPSA) is 50.2 Å². The van der Waals surface area contributed by atoms with E-state index in [1.807, 2.05) is 0 Å². The molecule has 1 aromatic rings. The Hall–Kier alpha value is -1.30. The first kappa shape index (κ1) is 19.7. The van der Waals surface area contributed by atoms with Gasteiger partial charge in [-0.15, -0.1) is 0 Å². The maximum Gasteiger partial charge on any atom is 0.389 e. The molecular formula is C16H21ClF3NO2. The number of carboxylic acid groups (broad SMARTS) is 1. The van der Waals surface area contributed by atoms with Crippen molar-refractivity contribution >= 4 is 17.6 Å². The second-order valence-electron chi connectivity index (χ2n) is 5.56. The van der Waals surface area contributed by atoms with Gasteiger partial charge in [0.25, 0.3) is 0 Å². The lowest BCUT2D eigenvalue weighted by molar-refractivity contribution is -0.135. The second-order valence-corrected chi connectivity index (χ2v) is 5.95. The average Bonchev–Trinajstić information content (AvgIpc) is 2.45. The molecule has 0 radical (unpaired) electrons. The summed E-state index contributed by atoms with van der Waals surface area (Å²) in [4.78, 5) is 15.0. The van der Waals surface area contributed by atoms with Gasteiger partial charge in [0, 0.05) is 12.6 Å². The molecular weight excluding hydrogens is 331 g/mol. The minimum atomic E-state index is -4.05. The summed E-state index contributed by atoms with van der Waals surface area (Å²) in [6, 6.07) is 1.35. The molecule has 1 rings (SSSR count). The molecule has 0 fully saturated rings. The van der Waals surface area contributed by atoms with Crippen molar-refractivity contribution in [3.8, 4) is 0 Å². The molecule has 0 unspecified atom stereocenters. The number of rotatable bonds is 10. The Balaban J connectivity index is 2.15. The molecule has 0 spiro atoms. The highest BCUT2D eigenvalue weighted by Gasteiger charge is 2.25. The summed E-state index contributed by atoms with van der Waals surface area (Å²) in [5, 5.41) is 9.26. The zero-order valence-corrected chi connectivity index (χ0v) is 13.6. The molecule has 1 heterocycles. The van der Waals surface area contributed by atoms with E-state index < -0.39 is 18.6 Å². The van der Waals surface area contributed by atoms with E-state index in [1.54, 1.807) is 0 Å². The molecule has 0 aliphatic carbocycles. The van der Waals surface area contributed by atoms with Crippen LogP contribution in [0.5, 0.6) is 0 Å². The van der Waals surface area contributed by atoms with E-state index in [0.29, 0.717) is 18.4 Å². The third-order valence-electron chi connectivity index (χ3n) is 3.59. The second kappa shape index (κ2) is 9.75. The van der Waals surface area contributed by atoms with E-state index in [4.69, 9.17) is 16.7 Å². The molecule has 0 atom stereocenters. The molecule has 23 heavy (non-hydrogen) atoms. The van der Waals surface area contributed by atoms with Gasteiger partial charge in [-0.05, 0) is 30.9 Å². The minimum Gasteiger partial charge on any atom is -0.478 e. The normalized spacial score (nSPS) is 11.7. The first-order valence-corrected chi connectivity index (χ1v) is 8.12. The monoisotopic (exact) mass is 351 g/mol. The van der Waals surface area contributed by atoms with Crippen molar-refractivity contribution in [2.75, 3.05) is 0 Å². The van der Waals surface area contributed by atoms with Crippen molar-refractivity contribution in [1.82, 2.24) is 4.98 Å². The number of aromatic carboxylic acids is 1. The Morgan fingerprint density at radius 2 is 1.65 bits per heavy atom. The van der Waals surface area contributed by atoms with Crippen LogP contribution < -0.4 is 0 Å². The van der Waals surface area contributed by atoms with Gasteiger partial charge in [-0.25, -0.2) is 9.78 Å². The van der Waals surface area contributed by atoms with Crippen molar-refractivity contribution in [2.24, 2.45) is 0 Å². The molecule has 0 aromatic carbocycles. The van der Waals surface area contributed by atoms with Gasteiger partial charge >= 0.3 is 12.1 Å². The SMILES string of the molecule is O=C(O)c1cc(Cl)ncc1CCCCCCCCCC(F)(F)F. The summed E-state index contributed by atoms with van der Waals surface area (Å²) >= 11 is 5.69. The number of hydrogen-bond acceptors (Lipinski definition) is 2. The standard InChI is InChI=1S/C16H21ClF3NO2/c17-14-10-13(15(22)23)12(11-21-14)8-6-4-2-1-3-5-7-9-16(18,19)20/h10-11H,1-9H2,(H,22,23). The number of carbonyl (C=O) groups is 1. The van der Waals surface area contributed by atoms with Gasteiger partial charge in [-0.3, -0.25) is 0 Å². The highest BCUT2D eigenvalue weighted by molar-refractivity contribution is 6.29. The highest BCUT2D eigenvalue weighted by Crippen LogP contribution is 2.23. The zero-order valence-electron chi connectivity index (χ0n) is 12.8. The predicted octanol–water partition coefficient (Wildman–Crippen LogP) is 5.66. The third-order valence-corrected chi connectivity index (χ3v) is 3.80. The van der Waals surface area contributed by atoms with Crippen molar-refractivity contribution in [2.45, 2.75) is 64.0 Å². The quantitative estimate of drug-likeness (QED) is 0.437. The molecule has 0 aliphatic rings. The molecule has 7 heteroatoms. The van der Waals surface area contributed by atoms with Crippen LogP contribution in [0.25, 0.3) is 0 Å². The molecule has 0 aliphatic heterocycles. The fourth-order valence-corrected chi connectivity index (χ4v) is 2.54. The van der Waals surface area contributed by atoms with Crippen LogP contribution >= 0.6 is 11.6 Å². The van der Waals surface area contributed by atoms with E-state index in [2.05, 4.69) is 4.98 Å². The number of alkyl halides is 3. The van der Waals surface area contributed by atoms with Crippen molar-refractivity contribution < 1.29 is 23.1 Å². The molecule has 1 aromatic heterocycles. The van der Waals surface area contributed by atoms with Gasteiger partial charge in [-0.2, -0.15) is 13.2 Å². The Morgan fingerprint density at radius 3 is 2.22 bits per heavy atom. The molecule has 0 saturated heterocycles. The maximum atomic E-state index is 12.0. The van der Waals surface area contributed by atoms with Crippen LogP contribution in [-0.4, -0.2) is 22.2 Å². The molecule has 1 N–H and O–H groups in total. The van der Waals surface area contributed by atoms with Gasteiger partial charge in [0.05, 0.1) is 5.56 Å². The number of halogens is 4. The molecule has 0 bridgehead atoms. The van der Waals surface area contributed by atoms with Crippen LogP contribution in [0.2, 0.25) is 5.15 Å². The number of nitrogens with zero attached hydrogens (tertiary/aromatic N) is 1. The summed E-state index contributed by atoms with van der Waals surface area (Å²) in [7, 11) is 0. The Morgan fingerprint density at radius 1 is 1.09 bits per heavy atom. The average molecular weight is 352 g/mol. The Kier molecular flexibility index (Phi) is 8.37. The lowest BCUT2D eigenvalue weighted by atomic mass is 10.0. The fraction of sp³-hybridized carbons (Fsp3) is 0.625. The number of hydrogen-bond donors (Lipinski definition) is 1. The molecule has 130 valence electrons. The first-order valence-electron chi connectivity index (χ1n) is 7.74. The number of aryl methyl sites for hydroxylation is 1. The number of unbranched alkanes of at least 4 members (excludes halogenated alkanes) is 6. The minimum absolute atomic E-state index is 0.157. The Labute approximate surface area is 138 Å². The van der Waals surface area contributed by atoms with E-state index in [9.17, 15) is 18.0 Å². The summed E-state index contributed by atoms with van der Waals surface area (Å²) < 4.78 is 35.9. The van der Waals surface area contributed by atoms with Crippen LogP contribution in [0, 0.1) is 0 Å². The predicted molar refractivity (Wildman–Crippen MR) is 82.9 cm³/mol. The number of aromatic nitrogens is 1. The van der Waals surface area contributed by atoms with Crippen LogP contribution in [0.1, 0.15) is 67.3 Å². The van der Waals surface area contributed by atoms with Gasteiger partial charge in [0.1, 0.15) is 5.15 Å². The van der Waals surface area contributed by atoms with Crippen molar-refractivity contribution in [3.63, 3.8) is 0 Å². The van der Waals surface area contributed by atoms with Crippen LogP contribution in [0.4, 0.5) is 13.2 Å². The lowest BCUT2D eigenvalue weighted by Crippen LogP contribution is -2.06. The zero-order chi connectivity index (χ0) is 17.3. The van der Waals surface area contributed by atoms with Gasteiger partial charge in [0.2, 0.25) is 0 Å². The van der Waals surface area contributed by atoms with Crippen LogP contribution in [-0.2, 0) is 6.42 Å². The molecule has 0 saturated carbocycles. The summed E-state index contributed by atoms with van der Waals surface area (Å²) in [6.45, 7) is 0. The summed E-state index contributed by atoms with van der Waals surface area (Å²) in [6.07, 6.45) is 2.54. The smallest absolute Gasteiger partial charge is 0.389 e. The molecule has 0 amide bonds. The molecule has 3 nitrogen and oxygen atoms in total. The maximum absolute atomic E-state index is 12.0. The van der Waals surface area contributed by atoms with E-state index >= 15 is 0 Å². The first-order chi connectivity index (χ1) is 10.8. The van der Waals surface area contributed by atoms with Crippen LogP contribution in [0.3, 0.4) is 0 Å². The number of carboxylic acids is 1. The van der Waals surface area contributed by atoms with Crippen molar-refractivity contribution in [1.29, 1.82) is 0 Å². The van der Waals surface area contributed by atoms with E-state index in [-0.39, 0.29) is 17.1 Å². The largest absolute Gasteiger partial charge is 0.478 e. The number of pyridine rings is 1. The fourth-order valence-electron chi connectivity index (χ4n) is 2.38. The lowest BCUT2D eigenvalue weighted by Gasteiger charge is -2.07. The van der Waals surface area contributed by atoms with Gasteiger partial charge in [0.15, 0.2) is 0 Å². The van der Waals surface area contributed by atoms with Crippen molar-refractivity contribution in [3.05, 3.63) is 28.5 Å². The van der Waals surface area contributed by atoms with Gasteiger partial charge in [-0.1, -0.05) is 43.7 Å². The Bertz CT molecular complexity index is 507. The summed E-state index contributed by atoms with van der Waals surface area (Å²) in [5.41, 5.74) is 0.837. The van der Waals surface area contributed by atoms with E-state index in [1.165, 1.54) is 12.3 Å². The summed E-state index contributed by atoms with van der Waals surface area (Å²) in [5.74, 6) is -1.02. The third kappa shape index (κ3) is 8.79. The van der Waals surface area contributed by atoms with Gasteiger partial charge < -0.3 is 5.11 Å². The highest BCUT2D eigenvalue weighted by atomic mass is 35.5. The van der Waals surface area contributed by atoms with E-state index in [0.717, 1.165) is 32.1 Å². The van der Waals surface area contributed by atoms with Crippen LogP contribution in [0.15, 0.2) is 12.3 Å².